The number of hydrogen-bond donors (Lipinski definition) is 2. The number of carboxylic acids is 1. The third kappa shape index (κ3) is 17.6. The summed E-state index contributed by atoms with van der Waals surface area (Å²) in [5, 5.41) is 11.8. The van der Waals surface area contributed by atoms with Crippen molar-refractivity contribution in [2.45, 2.75) is 79.3 Å². The van der Waals surface area contributed by atoms with Gasteiger partial charge in [-0.1, -0.05) is 53.5 Å². The quantitative estimate of drug-likeness (QED) is 0.535. The van der Waals surface area contributed by atoms with Gasteiger partial charge in [0.25, 0.3) is 0 Å². The zero-order valence-electron chi connectivity index (χ0n) is 12.9. The lowest BCUT2D eigenvalue weighted by atomic mass is 10.1. The fourth-order valence-corrected chi connectivity index (χ4v) is 1.47. The van der Waals surface area contributed by atoms with Gasteiger partial charge in [-0.3, -0.25) is 0 Å². The molecule has 0 aromatic rings. The van der Waals surface area contributed by atoms with Crippen LogP contribution in [-0.4, -0.2) is 23.2 Å². The number of hydrogen-bond acceptors (Lipinski definition) is 2. The number of allylic oxidation sites excluding steroid dienone is 1. The Kier molecular flexibility index (Phi) is 13.7. The van der Waals surface area contributed by atoms with E-state index < -0.39 is 5.97 Å². The predicted octanol–water partition coefficient (Wildman–Crippen LogP) is 3.99. The maximum atomic E-state index is 10.3. The van der Waals surface area contributed by atoms with Gasteiger partial charge in [0, 0.05) is 17.7 Å². The summed E-state index contributed by atoms with van der Waals surface area (Å²) in [6, 6.07) is 1.25. The van der Waals surface area contributed by atoms with Crippen LogP contribution in [0.4, 0.5) is 0 Å². The van der Waals surface area contributed by atoms with Crippen molar-refractivity contribution in [3.8, 4) is 0 Å². The van der Waals surface area contributed by atoms with Gasteiger partial charge < -0.3 is 10.4 Å². The van der Waals surface area contributed by atoms with E-state index in [0.717, 1.165) is 12.8 Å². The van der Waals surface area contributed by atoms with E-state index in [4.69, 9.17) is 5.11 Å². The smallest absolute Gasteiger partial charge is 0.330 e. The lowest BCUT2D eigenvalue weighted by molar-refractivity contribution is -0.132. The molecule has 3 nitrogen and oxygen atoms in total. The topological polar surface area (TPSA) is 49.3 Å². The molecule has 0 aliphatic carbocycles. The minimum Gasteiger partial charge on any atom is -0.478 e. The van der Waals surface area contributed by atoms with E-state index in [1.807, 2.05) is 0 Å². The molecular formula is C15H31NO2. The summed E-state index contributed by atoms with van der Waals surface area (Å²) in [6.07, 6.45) is 6.15. The second kappa shape index (κ2) is 12.6. The molecule has 0 bridgehead atoms. The van der Waals surface area contributed by atoms with Crippen molar-refractivity contribution >= 4 is 5.97 Å². The van der Waals surface area contributed by atoms with Gasteiger partial charge in [0.05, 0.1) is 0 Å². The lowest BCUT2D eigenvalue weighted by Gasteiger charge is -2.10. The highest BCUT2D eigenvalue weighted by atomic mass is 16.4. The van der Waals surface area contributed by atoms with Gasteiger partial charge in [-0.15, -0.1) is 0 Å². The van der Waals surface area contributed by atoms with Crippen LogP contribution < -0.4 is 5.32 Å². The number of nitrogens with one attached hydrogen (secondary N) is 1. The summed E-state index contributed by atoms with van der Waals surface area (Å²) < 4.78 is 0. The van der Waals surface area contributed by atoms with Crippen LogP contribution in [0.15, 0.2) is 11.6 Å². The van der Waals surface area contributed by atoms with Crippen LogP contribution in [0.25, 0.3) is 0 Å². The van der Waals surface area contributed by atoms with Crippen molar-refractivity contribution in [2.75, 3.05) is 0 Å². The molecule has 0 aromatic heterocycles. The Morgan fingerprint density at radius 3 is 1.94 bits per heavy atom. The first kappa shape index (κ1) is 19.5. The Hall–Kier alpha value is -0.830. The Morgan fingerprint density at radius 2 is 1.67 bits per heavy atom. The molecule has 0 heterocycles. The van der Waals surface area contributed by atoms with Crippen LogP contribution in [0.5, 0.6) is 0 Å². The van der Waals surface area contributed by atoms with Gasteiger partial charge in [0.1, 0.15) is 0 Å². The van der Waals surface area contributed by atoms with Crippen LogP contribution in [0.1, 0.15) is 67.2 Å². The van der Waals surface area contributed by atoms with Gasteiger partial charge in [-0.2, -0.15) is 0 Å². The van der Waals surface area contributed by atoms with E-state index in [1.165, 1.54) is 12.8 Å². The van der Waals surface area contributed by atoms with E-state index in [9.17, 15) is 4.79 Å². The summed E-state index contributed by atoms with van der Waals surface area (Å²) in [4.78, 5) is 10.3. The molecule has 0 amide bonds. The second-order valence-corrected chi connectivity index (χ2v) is 5.16. The summed E-state index contributed by atoms with van der Waals surface area (Å²) >= 11 is 0. The van der Waals surface area contributed by atoms with Crippen LogP contribution in [0.3, 0.4) is 0 Å². The molecule has 0 saturated carbocycles. The first-order valence-electron chi connectivity index (χ1n) is 6.97. The van der Waals surface area contributed by atoms with Crippen LogP contribution >= 0.6 is 0 Å². The number of aliphatic carboxylic acids is 1. The highest BCUT2D eigenvalue weighted by Gasteiger charge is 1.96. The second-order valence-electron chi connectivity index (χ2n) is 5.16. The summed E-state index contributed by atoms with van der Waals surface area (Å²) in [6.45, 7) is 12.4. The molecule has 3 heteroatoms. The number of carbonyl (C=O) groups is 1. The molecular weight excluding hydrogens is 226 g/mol. The number of carboxylic acid groups (broad SMARTS) is 1. The van der Waals surface area contributed by atoms with Gasteiger partial charge in [-0.25, -0.2) is 4.79 Å². The summed E-state index contributed by atoms with van der Waals surface area (Å²) in [5.74, 6) is -0.804. The van der Waals surface area contributed by atoms with Gasteiger partial charge in [-0.05, 0) is 19.8 Å². The SMILES string of the molecule is CC(C)NC(C)C.CCCCCC=C(C)C(=O)O. The average molecular weight is 257 g/mol. The first-order chi connectivity index (χ1) is 8.31. The molecule has 0 unspecified atom stereocenters. The zero-order valence-corrected chi connectivity index (χ0v) is 12.9. The van der Waals surface area contributed by atoms with Crippen LogP contribution in [0.2, 0.25) is 0 Å². The zero-order chi connectivity index (χ0) is 14.6. The fraction of sp³-hybridized carbons (Fsp3) is 0.800. The molecule has 0 radical (unpaired) electrons. The molecule has 0 rings (SSSR count). The normalized spacial score (nSPS) is 11.4. The van der Waals surface area contributed by atoms with Gasteiger partial charge in [0.15, 0.2) is 0 Å². The van der Waals surface area contributed by atoms with Crippen molar-refractivity contribution in [3.63, 3.8) is 0 Å². The van der Waals surface area contributed by atoms with Crippen molar-refractivity contribution in [3.05, 3.63) is 11.6 Å². The summed E-state index contributed by atoms with van der Waals surface area (Å²) in [7, 11) is 0. The highest BCUT2D eigenvalue weighted by Crippen LogP contribution is 2.02. The lowest BCUT2D eigenvalue weighted by Crippen LogP contribution is -2.29. The van der Waals surface area contributed by atoms with E-state index in [0.29, 0.717) is 17.7 Å². The number of rotatable bonds is 7. The molecule has 0 aliphatic heterocycles. The third-order valence-electron chi connectivity index (χ3n) is 2.26. The standard InChI is InChI=1S/C9H16O2.C6H15N/c1-3-4-5-6-7-8(2)9(10)11;1-5(2)7-6(3)4/h7H,3-6H2,1-2H3,(H,10,11);5-7H,1-4H3. The van der Waals surface area contributed by atoms with E-state index in [-0.39, 0.29) is 0 Å². The minimum absolute atomic E-state index is 0.459. The highest BCUT2D eigenvalue weighted by molar-refractivity contribution is 5.85. The van der Waals surface area contributed by atoms with Crippen LogP contribution in [-0.2, 0) is 4.79 Å². The maximum Gasteiger partial charge on any atom is 0.330 e. The van der Waals surface area contributed by atoms with Crippen molar-refractivity contribution in [2.24, 2.45) is 0 Å². The predicted molar refractivity (Wildman–Crippen MR) is 78.9 cm³/mol. The molecule has 0 spiro atoms. The molecule has 0 aliphatic rings. The Labute approximate surface area is 113 Å². The molecule has 0 fully saturated rings. The van der Waals surface area contributed by atoms with Crippen molar-refractivity contribution in [1.29, 1.82) is 0 Å². The van der Waals surface area contributed by atoms with Crippen LogP contribution in [0, 0.1) is 0 Å². The molecule has 0 atom stereocenters. The Bertz CT molecular complexity index is 227. The fourth-order valence-electron chi connectivity index (χ4n) is 1.47. The number of unbranched alkanes of at least 4 members (excludes halogenated alkanes) is 3. The molecule has 0 saturated heterocycles. The van der Waals surface area contributed by atoms with E-state index >= 15 is 0 Å². The van der Waals surface area contributed by atoms with E-state index in [1.54, 1.807) is 13.0 Å². The molecule has 18 heavy (non-hydrogen) atoms. The maximum absolute atomic E-state index is 10.3. The van der Waals surface area contributed by atoms with Crippen molar-refractivity contribution < 1.29 is 9.90 Å². The average Bonchev–Trinajstić information content (AvgIpc) is 2.22. The van der Waals surface area contributed by atoms with E-state index in [2.05, 4.69) is 39.9 Å². The summed E-state index contributed by atoms with van der Waals surface area (Å²) in [5.41, 5.74) is 0.459. The largest absolute Gasteiger partial charge is 0.478 e. The van der Waals surface area contributed by atoms with Crippen molar-refractivity contribution in [1.82, 2.24) is 5.32 Å². The van der Waals surface area contributed by atoms with Gasteiger partial charge in [0.2, 0.25) is 0 Å². The molecule has 0 aromatic carbocycles. The third-order valence-corrected chi connectivity index (χ3v) is 2.26. The Morgan fingerprint density at radius 1 is 1.17 bits per heavy atom. The monoisotopic (exact) mass is 257 g/mol. The molecule has 108 valence electrons. The first-order valence-corrected chi connectivity index (χ1v) is 6.97. The molecule has 2 N–H and O–H groups in total. The van der Waals surface area contributed by atoms with Gasteiger partial charge >= 0.3 is 5.97 Å². The Balaban J connectivity index is 0. The minimum atomic E-state index is -0.804.